The number of nitrogens with one attached hydrogen (secondary N) is 1. The number of rotatable bonds is 4. The summed E-state index contributed by atoms with van der Waals surface area (Å²) in [4.78, 5) is 4.07. The van der Waals surface area contributed by atoms with Crippen LogP contribution in [-0.2, 0) is 13.1 Å². The highest BCUT2D eigenvalue weighted by Crippen LogP contribution is 2.10. The Balaban J connectivity index is 1.84. The number of nitrogens with zero attached hydrogens (tertiary/aromatic N) is 2. The quantitative estimate of drug-likeness (QED) is 0.812. The molecule has 5 nitrogen and oxygen atoms in total. The first-order valence-electron chi connectivity index (χ1n) is 5.02. The highest BCUT2D eigenvalue weighted by atomic mass is 16.5. The van der Waals surface area contributed by atoms with Crippen molar-refractivity contribution >= 4 is 0 Å². The summed E-state index contributed by atoms with van der Waals surface area (Å²) in [7, 11) is 0. The van der Waals surface area contributed by atoms with Crippen molar-refractivity contribution in [3.63, 3.8) is 0 Å². The molecule has 1 aromatic carbocycles. The van der Waals surface area contributed by atoms with Crippen molar-refractivity contribution in [3.8, 4) is 5.75 Å². The molecule has 84 valence electrons. The van der Waals surface area contributed by atoms with Crippen molar-refractivity contribution in [3.05, 3.63) is 41.5 Å². The maximum atomic E-state index is 9.26. The van der Waals surface area contributed by atoms with Crippen LogP contribution in [0.1, 0.15) is 17.3 Å². The molecule has 0 aliphatic heterocycles. The fourth-order valence-corrected chi connectivity index (χ4v) is 1.39. The van der Waals surface area contributed by atoms with Gasteiger partial charge in [0.1, 0.15) is 5.75 Å². The molecule has 0 atom stereocenters. The molecule has 0 amide bonds. The first kappa shape index (κ1) is 10.6. The van der Waals surface area contributed by atoms with E-state index in [-0.39, 0.29) is 5.75 Å². The van der Waals surface area contributed by atoms with Crippen LogP contribution >= 0.6 is 0 Å². The SMILES string of the molecule is Cc1noc(CNCc2cccc(O)c2)n1. The summed E-state index contributed by atoms with van der Waals surface area (Å²) in [6.45, 7) is 2.95. The van der Waals surface area contributed by atoms with Crippen LogP contribution in [0.25, 0.3) is 0 Å². The second kappa shape index (κ2) is 4.76. The zero-order valence-corrected chi connectivity index (χ0v) is 8.97. The van der Waals surface area contributed by atoms with Gasteiger partial charge in [-0.15, -0.1) is 0 Å². The number of aromatic hydroxyl groups is 1. The molecule has 0 spiro atoms. The van der Waals surface area contributed by atoms with Crippen LogP contribution in [0, 0.1) is 6.92 Å². The summed E-state index contributed by atoms with van der Waals surface area (Å²) in [5.74, 6) is 1.47. The lowest BCUT2D eigenvalue weighted by Crippen LogP contribution is -2.12. The predicted octanol–water partition coefficient (Wildman–Crippen LogP) is 1.37. The van der Waals surface area contributed by atoms with Crippen molar-refractivity contribution in [1.29, 1.82) is 0 Å². The van der Waals surface area contributed by atoms with Gasteiger partial charge in [-0.25, -0.2) is 0 Å². The molecule has 2 N–H and O–H groups in total. The van der Waals surface area contributed by atoms with Crippen LogP contribution in [0.3, 0.4) is 0 Å². The molecule has 0 unspecified atom stereocenters. The van der Waals surface area contributed by atoms with Crippen LogP contribution in [0.5, 0.6) is 5.75 Å². The second-order valence-electron chi connectivity index (χ2n) is 3.51. The Morgan fingerprint density at radius 2 is 2.25 bits per heavy atom. The van der Waals surface area contributed by atoms with Crippen LogP contribution in [0.4, 0.5) is 0 Å². The molecule has 5 heteroatoms. The third kappa shape index (κ3) is 2.80. The van der Waals surface area contributed by atoms with E-state index in [1.54, 1.807) is 19.1 Å². The van der Waals surface area contributed by atoms with Gasteiger partial charge in [0.15, 0.2) is 5.82 Å². The molecule has 1 aromatic heterocycles. The van der Waals surface area contributed by atoms with E-state index in [1.807, 2.05) is 12.1 Å². The minimum atomic E-state index is 0.271. The Morgan fingerprint density at radius 1 is 1.38 bits per heavy atom. The lowest BCUT2D eigenvalue weighted by molar-refractivity contribution is 0.364. The average molecular weight is 219 g/mol. The van der Waals surface area contributed by atoms with Crippen LogP contribution in [-0.4, -0.2) is 15.2 Å². The second-order valence-corrected chi connectivity index (χ2v) is 3.51. The molecule has 1 heterocycles. The smallest absolute Gasteiger partial charge is 0.240 e. The molecule has 0 saturated carbocycles. The van der Waals surface area contributed by atoms with Gasteiger partial charge in [0.25, 0.3) is 0 Å². The van der Waals surface area contributed by atoms with E-state index in [4.69, 9.17) is 4.52 Å². The summed E-state index contributed by atoms with van der Waals surface area (Å²) in [6, 6.07) is 7.10. The van der Waals surface area contributed by atoms with Crippen LogP contribution in [0.15, 0.2) is 28.8 Å². The highest BCUT2D eigenvalue weighted by Gasteiger charge is 2.01. The van der Waals surface area contributed by atoms with Crippen LogP contribution < -0.4 is 5.32 Å². The van der Waals surface area contributed by atoms with Crippen molar-refractivity contribution in [2.75, 3.05) is 0 Å². The lowest BCUT2D eigenvalue weighted by atomic mass is 10.2. The Labute approximate surface area is 93.1 Å². The summed E-state index contributed by atoms with van der Waals surface area (Å²) >= 11 is 0. The van der Waals surface area contributed by atoms with E-state index in [0.29, 0.717) is 24.8 Å². The van der Waals surface area contributed by atoms with Gasteiger partial charge in [-0.1, -0.05) is 17.3 Å². The normalized spacial score (nSPS) is 10.6. The van der Waals surface area contributed by atoms with Gasteiger partial charge in [-0.05, 0) is 24.6 Å². The number of hydrogen-bond donors (Lipinski definition) is 2. The van der Waals surface area contributed by atoms with Gasteiger partial charge in [0, 0.05) is 6.54 Å². The van der Waals surface area contributed by atoms with Crippen LogP contribution in [0.2, 0.25) is 0 Å². The largest absolute Gasteiger partial charge is 0.508 e. The molecule has 2 aromatic rings. The Hall–Kier alpha value is -1.88. The first-order valence-corrected chi connectivity index (χ1v) is 5.02. The Kier molecular flexibility index (Phi) is 3.16. The van der Waals surface area contributed by atoms with Crippen molar-refractivity contribution in [1.82, 2.24) is 15.5 Å². The highest BCUT2D eigenvalue weighted by molar-refractivity contribution is 5.26. The molecule has 0 saturated heterocycles. The maximum Gasteiger partial charge on any atom is 0.240 e. The Bertz CT molecular complexity index is 468. The van der Waals surface area contributed by atoms with E-state index < -0.39 is 0 Å². The summed E-state index contributed by atoms with van der Waals surface area (Å²) in [6.07, 6.45) is 0. The Morgan fingerprint density at radius 3 is 2.94 bits per heavy atom. The van der Waals surface area contributed by atoms with Gasteiger partial charge >= 0.3 is 0 Å². The van der Waals surface area contributed by atoms with E-state index in [1.165, 1.54) is 0 Å². The number of aryl methyl sites for hydroxylation is 1. The predicted molar refractivity (Wildman–Crippen MR) is 57.7 cm³/mol. The monoisotopic (exact) mass is 219 g/mol. The third-order valence-corrected chi connectivity index (χ3v) is 2.09. The van der Waals surface area contributed by atoms with E-state index in [9.17, 15) is 5.11 Å². The fraction of sp³-hybridized carbons (Fsp3) is 0.273. The van der Waals surface area contributed by atoms with Crippen molar-refractivity contribution in [2.45, 2.75) is 20.0 Å². The zero-order valence-electron chi connectivity index (χ0n) is 8.97. The minimum Gasteiger partial charge on any atom is -0.508 e. The molecule has 2 rings (SSSR count). The van der Waals surface area contributed by atoms with E-state index in [2.05, 4.69) is 15.5 Å². The topological polar surface area (TPSA) is 71.2 Å². The van der Waals surface area contributed by atoms with Crippen molar-refractivity contribution in [2.24, 2.45) is 0 Å². The molecule has 0 radical (unpaired) electrons. The maximum absolute atomic E-state index is 9.26. The third-order valence-electron chi connectivity index (χ3n) is 2.09. The number of hydrogen-bond acceptors (Lipinski definition) is 5. The first-order chi connectivity index (χ1) is 7.74. The molecule has 0 bridgehead atoms. The lowest BCUT2D eigenvalue weighted by Gasteiger charge is -2.02. The van der Waals surface area contributed by atoms with E-state index >= 15 is 0 Å². The standard InChI is InChI=1S/C11H13N3O2/c1-8-13-11(16-14-8)7-12-6-9-3-2-4-10(15)5-9/h2-5,12,15H,6-7H2,1H3. The van der Waals surface area contributed by atoms with Gasteiger partial charge in [-0.2, -0.15) is 4.98 Å². The average Bonchev–Trinajstić information content (AvgIpc) is 2.64. The molecule has 0 fully saturated rings. The number of phenolic OH excluding ortho intramolecular Hbond substituents is 1. The zero-order chi connectivity index (χ0) is 11.4. The summed E-state index contributed by atoms with van der Waals surface area (Å²) in [5, 5.41) is 16.1. The minimum absolute atomic E-state index is 0.271. The van der Waals surface area contributed by atoms with Gasteiger partial charge in [0.05, 0.1) is 6.54 Å². The summed E-state index contributed by atoms with van der Waals surface area (Å²) in [5.41, 5.74) is 1.01. The number of phenols is 1. The van der Waals surface area contributed by atoms with E-state index in [0.717, 1.165) is 5.56 Å². The fourth-order valence-electron chi connectivity index (χ4n) is 1.39. The van der Waals surface area contributed by atoms with Gasteiger partial charge in [0.2, 0.25) is 5.89 Å². The molecule has 0 aliphatic rings. The van der Waals surface area contributed by atoms with Gasteiger partial charge < -0.3 is 14.9 Å². The number of aromatic nitrogens is 2. The van der Waals surface area contributed by atoms with Gasteiger partial charge in [-0.3, -0.25) is 0 Å². The molecular weight excluding hydrogens is 206 g/mol. The number of benzene rings is 1. The summed E-state index contributed by atoms with van der Waals surface area (Å²) < 4.78 is 4.95. The molecule has 16 heavy (non-hydrogen) atoms. The molecule has 0 aliphatic carbocycles. The molecular formula is C11H13N3O2. The van der Waals surface area contributed by atoms with Crippen molar-refractivity contribution < 1.29 is 9.63 Å².